The fraction of sp³-hybridized carbons (Fsp3) is 0.200. The smallest absolute Gasteiger partial charge is 0.148 e. The van der Waals surface area contributed by atoms with Gasteiger partial charge in [0.15, 0.2) is 0 Å². The van der Waals surface area contributed by atoms with Crippen molar-refractivity contribution < 1.29 is 4.74 Å². The van der Waals surface area contributed by atoms with E-state index in [-0.39, 0.29) is 6.61 Å². The van der Waals surface area contributed by atoms with Crippen LogP contribution in [0.1, 0.15) is 0 Å². The average Bonchev–Trinajstić information content (AvgIpc) is 2.25. The van der Waals surface area contributed by atoms with Gasteiger partial charge in [0.25, 0.3) is 0 Å². The van der Waals surface area contributed by atoms with E-state index in [0.717, 1.165) is 22.5 Å². The van der Waals surface area contributed by atoms with E-state index in [1.807, 2.05) is 25.2 Å². The zero-order chi connectivity index (χ0) is 10.4. The monoisotopic (exact) mass is 208 g/mol. The summed E-state index contributed by atoms with van der Waals surface area (Å²) in [6.07, 6.45) is 5.11. The Balaban J connectivity index is 2.91. The first-order chi connectivity index (χ1) is 6.81. The summed E-state index contributed by atoms with van der Waals surface area (Å²) in [7, 11) is 1.84. The van der Waals surface area contributed by atoms with Crippen LogP contribution in [0, 0.1) is 12.3 Å². The van der Waals surface area contributed by atoms with Crippen LogP contribution in [-0.2, 0) is 0 Å². The Bertz CT molecular complexity index is 346. The fourth-order valence-corrected chi connectivity index (χ4v) is 1.37. The second-order valence-electron chi connectivity index (χ2n) is 2.52. The lowest BCUT2D eigenvalue weighted by atomic mass is 10.3. The third-order valence-corrected chi connectivity index (χ3v) is 2.26. The van der Waals surface area contributed by atoms with Crippen molar-refractivity contribution in [2.75, 3.05) is 19.0 Å². The highest BCUT2D eigenvalue weighted by Gasteiger charge is 2.03. The van der Waals surface area contributed by atoms with Gasteiger partial charge in [-0.15, -0.1) is 6.42 Å². The number of terminal acetylenes is 1. The molecule has 3 N–H and O–H groups in total. The molecule has 0 fully saturated rings. The van der Waals surface area contributed by atoms with Gasteiger partial charge in [0.2, 0.25) is 0 Å². The third-order valence-electron chi connectivity index (χ3n) is 1.67. The van der Waals surface area contributed by atoms with Crippen molar-refractivity contribution in [1.82, 2.24) is 0 Å². The first-order valence-electron chi connectivity index (χ1n) is 4.06. The molecule has 0 aliphatic carbocycles. The molecule has 0 spiro atoms. The second kappa shape index (κ2) is 5.43. The number of anilines is 1. The largest absolute Gasteiger partial charge is 0.480 e. The molecule has 0 unspecified atom stereocenters. The Hall–Kier alpha value is -1.31. The summed E-state index contributed by atoms with van der Waals surface area (Å²) in [5, 5.41) is 8.49. The normalized spacial score (nSPS) is 9.21. The summed E-state index contributed by atoms with van der Waals surface area (Å²) in [5.74, 6) is 3.12. The van der Waals surface area contributed by atoms with Crippen molar-refractivity contribution in [2.24, 2.45) is 5.14 Å². The van der Waals surface area contributed by atoms with Crippen LogP contribution in [0.4, 0.5) is 5.69 Å². The Morgan fingerprint density at radius 3 is 3.00 bits per heavy atom. The second-order valence-corrected chi connectivity index (χ2v) is 3.20. The van der Waals surface area contributed by atoms with Crippen LogP contribution in [-0.4, -0.2) is 13.7 Å². The molecule has 14 heavy (non-hydrogen) atoms. The standard InChI is InChI=1S/C10H12N2OS/c1-3-6-13-9-7-8(12-2)4-5-10(9)14-11/h1,4-5,7,12H,6,11H2,2H3. The summed E-state index contributed by atoms with van der Waals surface area (Å²) in [6.45, 7) is 0.251. The average molecular weight is 208 g/mol. The van der Waals surface area contributed by atoms with E-state index in [1.165, 1.54) is 0 Å². The molecule has 4 heteroatoms. The minimum atomic E-state index is 0.251. The van der Waals surface area contributed by atoms with Gasteiger partial charge in [0.1, 0.15) is 12.4 Å². The van der Waals surface area contributed by atoms with Gasteiger partial charge in [0.05, 0.1) is 4.90 Å². The molecule has 0 heterocycles. The van der Waals surface area contributed by atoms with E-state index in [2.05, 4.69) is 11.2 Å². The number of hydrogen-bond donors (Lipinski definition) is 2. The quantitative estimate of drug-likeness (QED) is 0.584. The van der Waals surface area contributed by atoms with Crippen LogP contribution in [0.15, 0.2) is 23.1 Å². The maximum atomic E-state index is 5.48. The molecule has 0 saturated heterocycles. The Labute approximate surface area is 88.2 Å². The Morgan fingerprint density at radius 1 is 1.64 bits per heavy atom. The molecule has 0 aliphatic heterocycles. The molecular weight excluding hydrogens is 196 g/mol. The highest BCUT2D eigenvalue weighted by atomic mass is 32.2. The van der Waals surface area contributed by atoms with Crippen molar-refractivity contribution >= 4 is 17.6 Å². The maximum absolute atomic E-state index is 5.48. The fourth-order valence-electron chi connectivity index (χ4n) is 0.993. The molecule has 0 amide bonds. The van der Waals surface area contributed by atoms with E-state index in [9.17, 15) is 0 Å². The molecule has 0 saturated carbocycles. The van der Waals surface area contributed by atoms with Crippen LogP contribution < -0.4 is 15.2 Å². The van der Waals surface area contributed by atoms with Crippen LogP contribution in [0.2, 0.25) is 0 Å². The van der Waals surface area contributed by atoms with Crippen molar-refractivity contribution in [3.8, 4) is 18.1 Å². The maximum Gasteiger partial charge on any atom is 0.148 e. The van der Waals surface area contributed by atoms with E-state index in [1.54, 1.807) is 0 Å². The first-order valence-corrected chi connectivity index (χ1v) is 4.94. The SMILES string of the molecule is C#CCOc1cc(NC)ccc1SN. The van der Waals surface area contributed by atoms with Gasteiger partial charge >= 0.3 is 0 Å². The van der Waals surface area contributed by atoms with Gasteiger partial charge in [-0.25, -0.2) is 0 Å². The number of ether oxygens (including phenoxy) is 1. The van der Waals surface area contributed by atoms with Crippen molar-refractivity contribution in [3.05, 3.63) is 18.2 Å². The number of nitrogens with one attached hydrogen (secondary N) is 1. The zero-order valence-corrected chi connectivity index (χ0v) is 8.73. The van der Waals surface area contributed by atoms with Crippen molar-refractivity contribution in [3.63, 3.8) is 0 Å². The summed E-state index contributed by atoms with van der Waals surface area (Å²) in [4.78, 5) is 0.874. The minimum absolute atomic E-state index is 0.251. The predicted octanol–water partition coefficient (Wildman–Crippen LogP) is 1.71. The highest BCUT2D eigenvalue weighted by Crippen LogP contribution is 2.28. The minimum Gasteiger partial charge on any atom is -0.480 e. The molecule has 0 radical (unpaired) electrons. The molecular formula is C10H12N2OS. The first kappa shape index (κ1) is 10.8. The van der Waals surface area contributed by atoms with E-state index in [0.29, 0.717) is 5.75 Å². The molecule has 0 atom stereocenters. The van der Waals surface area contributed by atoms with Crippen molar-refractivity contribution in [2.45, 2.75) is 4.90 Å². The Morgan fingerprint density at radius 2 is 2.43 bits per heavy atom. The molecule has 1 rings (SSSR count). The van der Waals surface area contributed by atoms with Crippen LogP contribution in [0.5, 0.6) is 5.75 Å². The lowest BCUT2D eigenvalue weighted by molar-refractivity contribution is 0.362. The van der Waals surface area contributed by atoms with Gasteiger partial charge in [0, 0.05) is 18.8 Å². The van der Waals surface area contributed by atoms with Crippen LogP contribution in [0.3, 0.4) is 0 Å². The zero-order valence-electron chi connectivity index (χ0n) is 7.91. The van der Waals surface area contributed by atoms with E-state index < -0.39 is 0 Å². The number of nitrogens with two attached hydrogens (primary N) is 1. The topological polar surface area (TPSA) is 47.3 Å². The highest BCUT2D eigenvalue weighted by molar-refractivity contribution is 7.97. The van der Waals surface area contributed by atoms with Crippen LogP contribution >= 0.6 is 11.9 Å². The van der Waals surface area contributed by atoms with Gasteiger partial charge in [-0.2, -0.15) is 0 Å². The molecule has 1 aromatic rings. The molecule has 3 nitrogen and oxygen atoms in total. The van der Waals surface area contributed by atoms with Gasteiger partial charge in [-0.05, 0) is 24.1 Å². The number of rotatable bonds is 4. The third kappa shape index (κ3) is 2.59. The van der Waals surface area contributed by atoms with Crippen LogP contribution in [0.25, 0.3) is 0 Å². The van der Waals surface area contributed by atoms with E-state index >= 15 is 0 Å². The molecule has 1 aromatic carbocycles. The Kier molecular flexibility index (Phi) is 4.17. The number of hydrogen-bond acceptors (Lipinski definition) is 4. The van der Waals surface area contributed by atoms with Gasteiger partial charge in [-0.1, -0.05) is 5.92 Å². The van der Waals surface area contributed by atoms with Crippen molar-refractivity contribution in [1.29, 1.82) is 0 Å². The predicted molar refractivity (Wildman–Crippen MR) is 60.4 cm³/mol. The summed E-state index contributed by atoms with van der Waals surface area (Å²) < 4.78 is 5.34. The van der Waals surface area contributed by atoms with Gasteiger partial charge in [-0.3, -0.25) is 5.14 Å². The van der Waals surface area contributed by atoms with Gasteiger partial charge < -0.3 is 10.1 Å². The molecule has 74 valence electrons. The molecule has 0 aliphatic rings. The lowest BCUT2D eigenvalue weighted by Crippen LogP contribution is -1.97. The summed E-state index contributed by atoms with van der Waals surface area (Å²) in [5.41, 5.74) is 0.967. The number of benzene rings is 1. The molecule has 0 aromatic heterocycles. The summed E-state index contributed by atoms with van der Waals surface area (Å²) >= 11 is 1.14. The molecule has 0 bridgehead atoms. The van der Waals surface area contributed by atoms with E-state index in [4.69, 9.17) is 16.3 Å². The lowest BCUT2D eigenvalue weighted by Gasteiger charge is -2.09. The summed E-state index contributed by atoms with van der Waals surface area (Å²) in [6, 6.07) is 5.69.